The van der Waals surface area contributed by atoms with Gasteiger partial charge in [-0.1, -0.05) is 24.3 Å². The molecule has 0 saturated heterocycles. The molecule has 0 spiro atoms. The number of carboxylic acids is 1. The van der Waals surface area contributed by atoms with Crippen LogP contribution in [0.2, 0.25) is 0 Å². The van der Waals surface area contributed by atoms with Gasteiger partial charge < -0.3 is 10.2 Å². The highest BCUT2D eigenvalue weighted by Crippen LogP contribution is 2.39. The third kappa shape index (κ3) is 5.67. The van der Waals surface area contributed by atoms with Crippen molar-refractivity contribution < 1.29 is 28.0 Å². The Kier molecular flexibility index (Phi) is 7.58. The second kappa shape index (κ2) is 10.8. The van der Waals surface area contributed by atoms with Gasteiger partial charge in [0.05, 0.1) is 23.8 Å². The quantitative estimate of drug-likeness (QED) is 0.0988. The molecule has 12 heteroatoms. The molecule has 0 fully saturated rings. The van der Waals surface area contributed by atoms with E-state index < -0.39 is 21.7 Å². The van der Waals surface area contributed by atoms with Crippen molar-refractivity contribution in [3.63, 3.8) is 0 Å². The van der Waals surface area contributed by atoms with Crippen LogP contribution >= 0.6 is 11.8 Å². The van der Waals surface area contributed by atoms with Crippen molar-refractivity contribution in [2.75, 3.05) is 12.3 Å². The molecule has 0 amide bonds. The molecule has 3 N–H and O–H groups in total. The zero-order valence-electron chi connectivity index (χ0n) is 19.1. The number of aromatic hydroxyl groups is 1. The van der Waals surface area contributed by atoms with Gasteiger partial charge in [-0.15, -0.1) is 5.11 Å². The van der Waals surface area contributed by atoms with E-state index in [4.69, 9.17) is 0 Å². The summed E-state index contributed by atoms with van der Waals surface area (Å²) < 4.78 is 29.6. The fourth-order valence-electron chi connectivity index (χ4n) is 3.35. The number of nitrogens with one attached hydrogen (secondary N) is 1. The molecule has 0 unspecified atom stereocenters. The van der Waals surface area contributed by atoms with E-state index in [1.807, 2.05) is 23.9 Å². The number of sulfonamides is 1. The minimum atomic E-state index is -3.73. The average molecular weight is 525 g/mol. The minimum Gasteiger partial charge on any atom is -0.505 e. The minimum absolute atomic E-state index is 0.0164. The number of fused-ring (bicyclic) bond motifs is 1. The van der Waals surface area contributed by atoms with Crippen molar-refractivity contribution >= 4 is 49.9 Å². The van der Waals surface area contributed by atoms with Crippen LogP contribution in [0.4, 0.5) is 11.4 Å². The second-order valence-electron chi connectivity index (χ2n) is 7.60. The van der Waals surface area contributed by atoms with E-state index in [1.54, 1.807) is 30.5 Å². The molecule has 3 aromatic carbocycles. The van der Waals surface area contributed by atoms with Crippen LogP contribution in [0, 0.1) is 0 Å². The first-order chi connectivity index (χ1) is 17.3. The van der Waals surface area contributed by atoms with E-state index in [9.17, 15) is 23.4 Å². The van der Waals surface area contributed by atoms with E-state index >= 15 is 0 Å². The Balaban J connectivity index is 1.47. The van der Waals surface area contributed by atoms with Gasteiger partial charge in [0.15, 0.2) is 5.75 Å². The lowest BCUT2D eigenvalue weighted by atomic mass is 10.0. The van der Waals surface area contributed by atoms with Crippen LogP contribution in [-0.2, 0) is 17.1 Å². The summed E-state index contributed by atoms with van der Waals surface area (Å²) in [6.07, 6.45) is 3.54. The van der Waals surface area contributed by atoms with Gasteiger partial charge in [-0.05, 0) is 52.5 Å². The van der Waals surface area contributed by atoms with E-state index in [0.29, 0.717) is 22.2 Å². The Morgan fingerprint density at radius 1 is 1.11 bits per heavy atom. The van der Waals surface area contributed by atoms with Gasteiger partial charge in [0.2, 0.25) is 10.0 Å². The summed E-state index contributed by atoms with van der Waals surface area (Å²) in [6.45, 7) is 0.220. The number of carbonyl (C=O) groups is 1. The predicted molar refractivity (Wildman–Crippen MR) is 135 cm³/mol. The largest absolute Gasteiger partial charge is 0.505 e. The van der Waals surface area contributed by atoms with E-state index in [2.05, 4.69) is 19.9 Å². The van der Waals surface area contributed by atoms with Crippen LogP contribution in [-0.4, -0.2) is 41.9 Å². The molecule has 0 radical (unpaired) electrons. The fourth-order valence-corrected chi connectivity index (χ4v) is 5.30. The molecule has 0 atom stereocenters. The Morgan fingerprint density at radius 2 is 1.86 bits per heavy atom. The first kappa shape index (κ1) is 25.2. The van der Waals surface area contributed by atoms with Crippen molar-refractivity contribution in [1.29, 1.82) is 0 Å². The number of rotatable bonds is 9. The van der Waals surface area contributed by atoms with Crippen molar-refractivity contribution in [2.24, 2.45) is 17.3 Å². The molecule has 4 aromatic rings. The van der Waals surface area contributed by atoms with Crippen molar-refractivity contribution in [3.05, 3.63) is 78.6 Å². The van der Waals surface area contributed by atoms with E-state index in [-0.39, 0.29) is 22.7 Å². The summed E-state index contributed by atoms with van der Waals surface area (Å²) in [5.74, 6) is -1.28. The number of carboxylic acid groups (broad SMARTS) is 1. The van der Waals surface area contributed by atoms with Gasteiger partial charge in [0, 0.05) is 23.8 Å². The lowest BCUT2D eigenvalue weighted by Crippen LogP contribution is -2.32. The topological polar surface area (TPSA) is 145 Å². The number of thioether (sulfide) groups is 1. The number of phenols is 1. The molecular weight excluding hydrogens is 502 g/mol. The molecule has 0 aliphatic rings. The number of aryl methyl sites for hydroxylation is 1. The van der Waals surface area contributed by atoms with Crippen LogP contribution in [0.25, 0.3) is 10.8 Å². The van der Waals surface area contributed by atoms with Gasteiger partial charge in [0.25, 0.3) is 0 Å². The fraction of sp³-hybridized carbons (Fsp3) is 0.125. The molecule has 0 saturated carbocycles. The summed E-state index contributed by atoms with van der Waals surface area (Å²) in [5, 5.41) is 29.9. The van der Waals surface area contributed by atoms with Gasteiger partial charge in [-0.3, -0.25) is 0 Å². The number of hydrogen-bond donors (Lipinski definition) is 3. The molecule has 0 aliphatic heterocycles. The summed E-state index contributed by atoms with van der Waals surface area (Å²) in [4.78, 5) is 15.8. The van der Waals surface area contributed by atoms with Crippen LogP contribution in [0.3, 0.4) is 0 Å². The van der Waals surface area contributed by atoms with Crippen LogP contribution in [0.1, 0.15) is 10.4 Å². The third-order valence-electron chi connectivity index (χ3n) is 5.15. The van der Waals surface area contributed by atoms with Crippen LogP contribution in [0.5, 0.6) is 5.75 Å². The summed E-state index contributed by atoms with van der Waals surface area (Å²) >= 11 is 1.43. The number of benzene rings is 3. The van der Waals surface area contributed by atoms with E-state index in [0.717, 1.165) is 5.16 Å². The first-order valence-corrected chi connectivity index (χ1v) is 13.2. The predicted octanol–water partition coefficient (Wildman–Crippen LogP) is 3.95. The van der Waals surface area contributed by atoms with E-state index in [1.165, 1.54) is 42.1 Å². The van der Waals surface area contributed by atoms with Gasteiger partial charge in [-0.2, -0.15) is 5.11 Å². The highest BCUT2D eigenvalue weighted by Gasteiger charge is 2.18. The third-order valence-corrected chi connectivity index (χ3v) is 7.68. The lowest BCUT2D eigenvalue weighted by molar-refractivity contribution is -0.713. The molecule has 36 heavy (non-hydrogen) atoms. The van der Waals surface area contributed by atoms with Crippen LogP contribution in [0.15, 0.2) is 93.3 Å². The molecule has 10 nitrogen and oxygen atoms in total. The zero-order chi connectivity index (χ0) is 25.7. The number of aromatic carboxylic acids is 1. The number of aromatic nitrogens is 2. The normalized spacial score (nSPS) is 11.8. The standard InChI is InChI=1S/C24H21N5O5S2/c1-29-13-4-11-25-24(29)35-14-12-26-36(33,34)18-9-7-17(8-10-18)27-28-21-19-6-3-2-5-16(19)15-20(22(21)30)23(31)32/h2-11,13,15,26H,12,14H2,1H3,(H-,27,30,31,32)/p+1. The Hall–Kier alpha value is -3.87. The average Bonchev–Trinajstić information content (AvgIpc) is 2.87. The second-order valence-corrected chi connectivity index (χ2v) is 10.4. The highest BCUT2D eigenvalue weighted by atomic mass is 32.2. The molecule has 1 aromatic heterocycles. The number of nitrogens with zero attached hydrogens (tertiary/aromatic N) is 4. The Labute approximate surface area is 211 Å². The van der Waals surface area contributed by atoms with Crippen molar-refractivity contribution in [1.82, 2.24) is 9.71 Å². The van der Waals surface area contributed by atoms with Crippen molar-refractivity contribution in [3.8, 4) is 5.75 Å². The number of hydrogen-bond acceptors (Lipinski definition) is 8. The zero-order valence-corrected chi connectivity index (χ0v) is 20.7. The molecule has 0 aliphatic carbocycles. The highest BCUT2D eigenvalue weighted by molar-refractivity contribution is 7.99. The SMILES string of the molecule is C[n+]1cccnc1SCCNS(=O)(=O)c1ccc(N=Nc2c(O)c(C(=O)O)cc3ccccc23)cc1. The first-order valence-electron chi connectivity index (χ1n) is 10.7. The lowest BCUT2D eigenvalue weighted by Gasteiger charge is -2.08. The maximum absolute atomic E-state index is 12.6. The Bertz CT molecular complexity index is 1560. The van der Waals surface area contributed by atoms with Crippen LogP contribution < -0.4 is 9.29 Å². The molecular formula is C24H22N5O5S2+. The maximum Gasteiger partial charge on any atom is 0.358 e. The molecule has 4 rings (SSSR count). The molecule has 184 valence electrons. The van der Waals surface area contributed by atoms with Gasteiger partial charge in [0.1, 0.15) is 17.4 Å². The summed E-state index contributed by atoms with van der Waals surface area (Å²) in [5.41, 5.74) is 0.0594. The molecule has 1 heterocycles. The van der Waals surface area contributed by atoms with Gasteiger partial charge in [-0.25, -0.2) is 22.5 Å². The van der Waals surface area contributed by atoms with Crippen molar-refractivity contribution in [2.45, 2.75) is 10.1 Å². The smallest absolute Gasteiger partial charge is 0.358 e. The number of azo groups is 1. The molecule has 0 bridgehead atoms. The maximum atomic E-state index is 12.6. The van der Waals surface area contributed by atoms with Gasteiger partial charge >= 0.3 is 11.1 Å². The summed E-state index contributed by atoms with van der Waals surface area (Å²) in [7, 11) is -1.86. The Morgan fingerprint density at radius 3 is 2.58 bits per heavy atom. The monoisotopic (exact) mass is 524 g/mol. The summed E-state index contributed by atoms with van der Waals surface area (Å²) in [6, 6.07) is 15.8.